The average molecular weight is 421 g/mol. The molecule has 154 valence electrons. The normalized spacial score (nSPS) is 10.6. The molecule has 10 heteroatoms. The van der Waals surface area contributed by atoms with Crippen LogP contribution in [0.15, 0.2) is 30.6 Å². The van der Waals surface area contributed by atoms with Crippen molar-refractivity contribution in [3.8, 4) is 28.5 Å². The predicted molar refractivity (Wildman–Crippen MR) is 110 cm³/mol. The average Bonchev–Trinajstić information content (AvgIpc) is 3.12. The Balaban J connectivity index is 1.96. The SMILES string of the molecule is COc1cc(OC)c(-c2cn3cc(NCCNC(=O)O)c(OC)cc3n2)cc1Cl. The highest BCUT2D eigenvalue weighted by Crippen LogP contribution is 2.38. The van der Waals surface area contributed by atoms with Crippen LogP contribution in [0.3, 0.4) is 0 Å². The molecule has 0 saturated heterocycles. The van der Waals surface area contributed by atoms with Crippen molar-refractivity contribution in [1.29, 1.82) is 0 Å². The first-order valence-corrected chi connectivity index (χ1v) is 9.04. The topological polar surface area (TPSA) is 106 Å². The number of hydrogen-bond donors (Lipinski definition) is 3. The van der Waals surface area contributed by atoms with Crippen LogP contribution in [0, 0.1) is 0 Å². The highest BCUT2D eigenvalue weighted by molar-refractivity contribution is 6.32. The summed E-state index contributed by atoms with van der Waals surface area (Å²) in [6.07, 6.45) is 2.60. The zero-order valence-electron chi connectivity index (χ0n) is 16.2. The van der Waals surface area contributed by atoms with E-state index in [2.05, 4.69) is 15.6 Å². The Kier molecular flexibility index (Phi) is 6.18. The Labute approximate surface area is 172 Å². The number of benzene rings is 1. The summed E-state index contributed by atoms with van der Waals surface area (Å²) in [7, 11) is 4.67. The fraction of sp³-hybridized carbons (Fsp3) is 0.263. The number of amides is 1. The van der Waals surface area contributed by atoms with Crippen LogP contribution in [0.2, 0.25) is 5.02 Å². The van der Waals surface area contributed by atoms with Gasteiger partial charge < -0.3 is 34.4 Å². The van der Waals surface area contributed by atoms with Gasteiger partial charge in [0.25, 0.3) is 0 Å². The lowest BCUT2D eigenvalue weighted by atomic mass is 10.1. The first-order valence-electron chi connectivity index (χ1n) is 8.66. The molecule has 0 atom stereocenters. The Morgan fingerprint density at radius 2 is 1.79 bits per heavy atom. The summed E-state index contributed by atoms with van der Waals surface area (Å²) in [6, 6.07) is 5.24. The molecule has 0 bridgehead atoms. The van der Waals surface area contributed by atoms with Gasteiger partial charge in [-0.25, -0.2) is 9.78 Å². The lowest BCUT2D eigenvalue weighted by Crippen LogP contribution is -2.27. The fourth-order valence-corrected chi connectivity index (χ4v) is 3.11. The number of carboxylic acid groups (broad SMARTS) is 1. The number of anilines is 1. The van der Waals surface area contributed by atoms with E-state index in [-0.39, 0.29) is 6.54 Å². The van der Waals surface area contributed by atoms with Gasteiger partial charge in [0, 0.05) is 43.2 Å². The summed E-state index contributed by atoms with van der Waals surface area (Å²) in [5, 5.41) is 14.6. The van der Waals surface area contributed by atoms with Crippen LogP contribution in [0.5, 0.6) is 17.2 Å². The van der Waals surface area contributed by atoms with Crippen LogP contribution in [0.4, 0.5) is 10.5 Å². The number of halogens is 1. The van der Waals surface area contributed by atoms with Gasteiger partial charge in [0.2, 0.25) is 0 Å². The molecular weight excluding hydrogens is 400 g/mol. The van der Waals surface area contributed by atoms with E-state index in [1.54, 1.807) is 32.4 Å². The van der Waals surface area contributed by atoms with Crippen LogP contribution in [0.25, 0.3) is 16.9 Å². The van der Waals surface area contributed by atoms with Crippen molar-refractivity contribution in [2.24, 2.45) is 0 Å². The first-order chi connectivity index (χ1) is 14.0. The maximum atomic E-state index is 10.6. The summed E-state index contributed by atoms with van der Waals surface area (Å²) in [4.78, 5) is 15.2. The summed E-state index contributed by atoms with van der Waals surface area (Å²) < 4.78 is 18.0. The molecule has 29 heavy (non-hydrogen) atoms. The van der Waals surface area contributed by atoms with Gasteiger partial charge in [-0.15, -0.1) is 0 Å². The van der Waals surface area contributed by atoms with Crippen molar-refractivity contribution in [2.45, 2.75) is 0 Å². The van der Waals surface area contributed by atoms with Gasteiger partial charge in [-0.1, -0.05) is 11.6 Å². The van der Waals surface area contributed by atoms with E-state index in [4.69, 9.17) is 30.9 Å². The standard InChI is InChI=1S/C19H21ClN4O5/c1-27-15-7-16(28-2)12(20)6-11(15)13-9-24-10-14(21-4-5-22-19(25)26)17(29-3)8-18(24)23-13/h6-10,21-22H,4-5H2,1-3H3,(H,25,26). The third-order valence-corrected chi connectivity index (χ3v) is 4.54. The number of ether oxygens (including phenoxy) is 3. The number of imidazole rings is 1. The van der Waals surface area contributed by atoms with E-state index >= 15 is 0 Å². The van der Waals surface area contributed by atoms with Crippen molar-refractivity contribution in [2.75, 3.05) is 39.7 Å². The second-order valence-electron chi connectivity index (χ2n) is 5.99. The lowest BCUT2D eigenvalue weighted by Gasteiger charge is -2.11. The third-order valence-electron chi connectivity index (χ3n) is 4.24. The number of nitrogens with one attached hydrogen (secondary N) is 2. The minimum absolute atomic E-state index is 0.257. The van der Waals surface area contributed by atoms with Crippen molar-refractivity contribution in [1.82, 2.24) is 14.7 Å². The largest absolute Gasteiger partial charge is 0.496 e. The highest BCUT2D eigenvalue weighted by atomic mass is 35.5. The van der Waals surface area contributed by atoms with Crippen molar-refractivity contribution >= 4 is 29.0 Å². The summed E-state index contributed by atoms with van der Waals surface area (Å²) in [5.74, 6) is 1.68. The number of nitrogens with zero attached hydrogens (tertiary/aromatic N) is 2. The quantitative estimate of drug-likeness (QED) is 0.480. The summed E-state index contributed by atoms with van der Waals surface area (Å²) >= 11 is 6.28. The highest BCUT2D eigenvalue weighted by Gasteiger charge is 2.16. The predicted octanol–water partition coefficient (Wildman–Crippen LogP) is 3.36. The number of fused-ring (bicyclic) bond motifs is 1. The molecule has 3 aromatic rings. The van der Waals surface area contributed by atoms with Gasteiger partial charge >= 0.3 is 6.09 Å². The molecule has 0 aliphatic carbocycles. The van der Waals surface area contributed by atoms with Crippen LogP contribution in [-0.2, 0) is 0 Å². The van der Waals surface area contributed by atoms with Crippen LogP contribution in [-0.4, -0.2) is 55.0 Å². The molecule has 9 nitrogen and oxygen atoms in total. The van der Waals surface area contributed by atoms with E-state index in [0.717, 1.165) is 5.56 Å². The number of hydrogen-bond acceptors (Lipinski definition) is 6. The smallest absolute Gasteiger partial charge is 0.404 e. The minimum Gasteiger partial charge on any atom is -0.496 e. The fourth-order valence-electron chi connectivity index (χ4n) is 2.87. The van der Waals surface area contributed by atoms with E-state index in [1.807, 2.05) is 16.8 Å². The van der Waals surface area contributed by atoms with E-state index < -0.39 is 6.09 Å². The zero-order valence-corrected chi connectivity index (χ0v) is 16.9. The number of rotatable bonds is 8. The Morgan fingerprint density at radius 3 is 2.45 bits per heavy atom. The number of carbonyl (C=O) groups is 1. The van der Waals surface area contributed by atoms with Gasteiger partial charge in [-0.2, -0.15) is 0 Å². The maximum Gasteiger partial charge on any atom is 0.404 e. The van der Waals surface area contributed by atoms with Gasteiger partial charge in [0.15, 0.2) is 0 Å². The molecule has 3 rings (SSSR count). The van der Waals surface area contributed by atoms with Gasteiger partial charge in [-0.05, 0) is 6.07 Å². The van der Waals surface area contributed by atoms with Crippen LogP contribution in [0.1, 0.15) is 0 Å². The lowest BCUT2D eigenvalue weighted by molar-refractivity contribution is 0.195. The molecule has 0 fully saturated rings. The molecule has 0 aliphatic heterocycles. The second-order valence-corrected chi connectivity index (χ2v) is 6.40. The van der Waals surface area contributed by atoms with Gasteiger partial charge in [0.05, 0.1) is 37.7 Å². The van der Waals surface area contributed by atoms with Crippen molar-refractivity contribution in [3.63, 3.8) is 0 Å². The first kappa shape index (κ1) is 20.4. The maximum absolute atomic E-state index is 10.6. The molecule has 1 amide bonds. The van der Waals surface area contributed by atoms with Crippen LogP contribution < -0.4 is 24.8 Å². The van der Waals surface area contributed by atoms with Gasteiger partial charge in [0.1, 0.15) is 22.9 Å². The number of methoxy groups -OCH3 is 3. The molecule has 0 aliphatic rings. The van der Waals surface area contributed by atoms with Crippen molar-refractivity contribution in [3.05, 3.63) is 35.6 Å². The molecule has 0 saturated carbocycles. The Morgan fingerprint density at radius 1 is 1.07 bits per heavy atom. The summed E-state index contributed by atoms with van der Waals surface area (Å²) in [6.45, 7) is 0.658. The van der Waals surface area contributed by atoms with Crippen molar-refractivity contribution < 1.29 is 24.1 Å². The van der Waals surface area contributed by atoms with Gasteiger partial charge in [-0.3, -0.25) is 0 Å². The minimum atomic E-state index is -1.07. The molecule has 2 heterocycles. The Hall–Kier alpha value is -3.33. The number of aromatic nitrogens is 2. The van der Waals surface area contributed by atoms with E-state index in [9.17, 15) is 4.79 Å². The molecule has 0 unspecified atom stereocenters. The van der Waals surface area contributed by atoms with Crippen LogP contribution >= 0.6 is 11.6 Å². The molecule has 3 N–H and O–H groups in total. The molecule has 0 radical (unpaired) electrons. The van der Waals surface area contributed by atoms with E-state index in [1.165, 1.54) is 7.11 Å². The molecule has 1 aromatic carbocycles. The Bertz CT molecular complexity index is 1040. The molecule has 2 aromatic heterocycles. The second kappa shape index (κ2) is 8.78. The summed E-state index contributed by atoms with van der Waals surface area (Å²) in [5.41, 5.74) is 2.76. The molecular formula is C19H21ClN4O5. The monoisotopic (exact) mass is 420 g/mol. The zero-order chi connectivity index (χ0) is 21.0. The molecule has 0 spiro atoms. The third kappa shape index (κ3) is 4.40. The van der Waals surface area contributed by atoms with E-state index in [0.29, 0.717) is 45.8 Å². The number of pyridine rings is 1.